The Balaban J connectivity index is 1.94. The van der Waals surface area contributed by atoms with Crippen molar-refractivity contribution in [2.45, 2.75) is 5.88 Å². The molecule has 0 atom stereocenters. The van der Waals surface area contributed by atoms with Crippen LogP contribution < -0.4 is 5.43 Å². The van der Waals surface area contributed by atoms with Crippen molar-refractivity contribution < 1.29 is 0 Å². The fraction of sp³-hybridized carbons (Fsp3) is 0.0909. The molecule has 0 spiro atoms. The molecule has 0 bridgehead atoms. The minimum atomic E-state index is 0.431. The van der Waals surface area contributed by atoms with Gasteiger partial charge >= 0.3 is 0 Å². The summed E-state index contributed by atoms with van der Waals surface area (Å²) in [6, 6.07) is 9.87. The van der Waals surface area contributed by atoms with E-state index in [1.54, 1.807) is 6.21 Å². The van der Waals surface area contributed by atoms with Gasteiger partial charge < -0.3 is 0 Å². The number of nitrogens with one attached hydrogen (secondary N) is 1. The Hall–Kier alpha value is -1.39. The molecule has 0 aliphatic heterocycles. The Morgan fingerprint density at radius 2 is 2.19 bits per heavy atom. The van der Waals surface area contributed by atoms with E-state index in [-0.39, 0.29) is 0 Å². The predicted molar refractivity (Wildman–Crippen MR) is 69.3 cm³/mol. The van der Waals surface area contributed by atoms with Crippen LogP contribution in [0.5, 0.6) is 0 Å². The summed E-state index contributed by atoms with van der Waals surface area (Å²) < 4.78 is 0. The molecule has 0 fully saturated rings. The number of hydrazone groups is 1. The quantitative estimate of drug-likeness (QED) is 0.514. The fourth-order valence-electron chi connectivity index (χ4n) is 1.12. The van der Waals surface area contributed by atoms with Crippen LogP contribution in [-0.2, 0) is 5.88 Å². The molecule has 0 saturated heterocycles. The number of thiazole rings is 1. The van der Waals surface area contributed by atoms with E-state index in [0.717, 1.165) is 16.4 Å². The van der Waals surface area contributed by atoms with Crippen molar-refractivity contribution in [2.75, 3.05) is 5.43 Å². The third kappa shape index (κ3) is 3.05. The summed E-state index contributed by atoms with van der Waals surface area (Å²) in [7, 11) is 0. The Labute approximate surface area is 103 Å². The summed E-state index contributed by atoms with van der Waals surface area (Å²) in [5.74, 6) is 0.431. The zero-order valence-electron chi connectivity index (χ0n) is 8.43. The normalized spacial score (nSPS) is 10.8. The maximum Gasteiger partial charge on any atom is 0.203 e. The third-order valence-electron chi connectivity index (χ3n) is 1.86. The fourth-order valence-corrected chi connectivity index (χ4v) is 2.01. The van der Waals surface area contributed by atoms with Crippen LogP contribution in [0.25, 0.3) is 0 Å². The van der Waals surface area contributed by atoms with Crippen LogP contribution in [0.4, 0.5) is 5.13 Å². The molecule has 5 heteroatoms. The number of halogens is 1. The molecule has 0 aliphatic rings. The molecule has 2 rings (SSSR count). The molecular weight excluding hydrogens is 242 g/mol. The first-order valence-electron chi connectivity index (χ1n) is 4.73. The topological polar surface area (TPSA) is 37.3 Å². The first kappa shape index (κ1) is 11.1. The van der Waals surface area contributed by atoms with Gasteiger partial charge in [0.2, 0.25) is 5.13 Å². The maximum atomic E-state index is 5.65. The number of hydrogen-bond donors (Lipinski definition) is 1. The standard InChI is InChI=1S/C11H10ClN3S/c12-6-10-8-16-11(14-10)15-13-7-9-4-2-1-3-5-9/h1-5,7-8H,6H2,(H,14,15)/b13-7+. The van der Waals surface area contributed by atoms with Crippen molar-refractivity contribution in [3.05, 3.63) is 47.0 Å². The highest BCUT2D eigenvalue weighted by Gasteiger charge is 1.97. The van der Waals surface area contributed by atoms with Crippen LogP contribution >= 0.6 is 22.9 Å². The van der Waals surface area contributed by atoms with Gasteiger partial charge in [-0.15, -0.1) is 22.9 Å². The van der Waals surface area contributed by atoms with Crippen LogP contribution in [0.3, 0.4) is 0 Å². The molecule has 0 unspecified atom stereocenters. The summed E-state index contributed by atoms with van der Waals surface area (Å²) in [4.78, 5) is 4.22. The average Bonchev–Trinajstić information content (AvgIpc) is 2.78. The molecule has 3 nitrogen and oxygen atoms in total. The van der Waals surface area contributed by atoms with Gasteiger partial charge in [0, 0.05) is 5.38 Å². The first-order valence-corrected chi connectivity index (χ1v) is 6.14. The molecule has 0 saturated carbocycles. The lowest BCUT2D eigenvalue weighted by Gasteiger charge is -1.93. The highest BCUT2D eigenvalue weighted by molar-refractivity contribution is 7.13. The molecule has 16 heavy (non-hydrogen) atoms. The third-order valence-corrected chi connectivity index (χ3v) is 2.93. The predicted octanol–water partition coefficient (Wildman–Crippen LogP) is 3.33. The van der Waals surface area contributed by atoms with Gasteiger partial charge in [0.1, 0.15) is 0 Å². The highest BCUT2D eigenvalue weighted by atomic mass is 35.5. The van der Waals surface area contributed by atoms with Crippen LogP contribution in [0, 0.1) is 0 Å². The van der Waals surface area contributed by atoms with Gasteiger partial charge in [-0.2, -0.15) is 5.10 Å². The lowest BCUT2D eigenvalue weighted by Crippen LogP contribution is -1.90. The molecule has 0 radical (unpaired) electrons. The molecule has 1 N–H and O–H groups in total. The summed E-state index contributed by atoms with van der Waals surface area (Å²) in [6.45, 7) is 0. The molecule has 1 aromatic heterocycles. The van der Waals surface area contributed by atoms with E-state index in [4.69, 9.17) is 11.6 Å². The van der Waals surface area contributed by atoms with Gasteiger partial charge in [-0.25, -0.2) is 4.98 Å². The van der Waals surface area contributed by atoms with E-state index in [2.05, 4.69) is 15.5 Å². The molecule has 2 aromatic rings. The zero-order chi connectivity index (χ0) is 11.2. The van der Waals surface area contributed by atoms with Crippen molar-refractivity contribution >= 4 is 34.3 Å². The van der Waals surface area contributed by atoms with Crippen LogP contribution in [0.2, 0.25) is 0 Å². The van der Waals surface area contributed by atoms with E-state index < -0.39 is 0 Å². The highest BCUT2D eigenvalue weighted by Crippen LogP contribution is 2.16. The van der Waals surface area contributed by atoms with E-state index >= 15 is 0 Å². The van der Waals surface area contributed by atoms with Crippen molar-refractivity contribution in [1.29, 1.82) is 0 Å². The van der Waals surface area contributed by atoms with Crippen molar-refractivity contribution in [1.82, 2.24) is 4.98 Å². The van der Waals surface area contributed by atoms with Crippen molar-refractivity contribution in [3.63, 3.8) is 0 Å². The second kappa shape index (κ2) is 5.63. The van der Waals surface area contributed by atoms with Gasteiger partial charge in [-0.3, -0.25) is 5.43 Å². The number of rotatable bonds is 4. The number of anilines is 1. The Kier molecular flexibility index (Phi) is 3.91. The number of hydrogen-bond acceptors (Lipinski definition) is 4. The minimum absolute atomic E-state index is 0.431. The van der Waals surface area contributed by atoms with Gasteiger partial charge in [0.05, 0.1) is 17.8 Å². The van der Waals surface area contributed by atoms with Gasteiger partial charge in [-0.05, 0) is 5.56 Å². The van der Waals surface area contributed by atoms with Crippen LogP contribution in [-0.4, -0.2) is 11.2 Å². The Morgan fingerprint density at radius 1 is 1.38 bits per heavy atom. The summed E-state index contributed by atoms with van der Waals surface area (Å²) in [5.41, 5.74) is 4.78. The number of aromatic nitrogens is 1. The van der Waals surface area contributed by atoms with Crippen LogP contribution in [0.1, 0.15) is 11.3 Å². The van der Waals surface area contributed by atoms with Gasteiger partial charge in [-0.1, -0.05) is 30.3 Å². The number of benzene rings is 1. The average molecular weight is 252 g/mol. The Morgan fingerprint density at radius 3 is 2.88 bits per heavy atom. The molecule has 1 heterocycles. The first-order chi connectivity index (χ1) is 7.88. The van der Waals surface area contributed by atoms with E-state index in [9.17, 15) is 0 Å². The zero-order valence-corrected chi connectivity index (χ0v) is 10.0. The molecule has 0 amide bonds. The van der Waals surface area contributed by atoms with Gasteiger partial charge in [0.15, 0.2) is 0 Å². The lowest BCUT2D eigenvalue weighted by molar-refractivity contribution is 1.20. The van der Waals surface area contributed by atoms with Crippen LogP contribution in [0.15, 0.2) is 40.8 Å². The summed E-state index contributed by atoms with van der Waals surface area (Å²) in [6.07, 6.45) is 1.75. The van der Waals surface area contributed by atoms with E-state index in [0.29, 0.717) is 5.88 Å². The SMILES string of the molecule is ClCc1csc(N/N=C/c2ccccc2)n1. The monoisotopic (exact) mass is 251 g/mol. The second-order valence-corrected chi connectivity index (χ2v) is 4.18. The minimum Gasteiger partial charge on any atom is -0.253 e. The molecule has 0 aliphatic carbocycles. The van der Waals surface area contributed by atoms with E-state index in [1.807, 2.05) is 35.7 Å². The number of alkyl halides is 1. The summed E-state index contributed by atoms with van der Waals surface area (Å²) in [5, 5.41) is 6.75. The van der Waals surface area contributed by atoms with Gasteiger partial charge in [0.25, 0.3) is 0 Å². The summed E-state index contributed by atoms with van der Waals surface area (Å²) >= 11 is 7.14. The smallest absolute Gasteiger partial charge is 0.203 e. The second-order valence-electron chi connectivity index (χ2n) is 3.06. The van der Waals surface area contributed by atoms with Crippen molar-refractivity contribution in [2.24, 2.45) is 5.10 Å². The van der Waals surface area contributed by atoms with Crippen molar-refractivity contribution in [3.8, 4) is 0 Å². The number of nitrogens with zero attached hydrogens (tertiary/aromatic N) is 2. The Bertz CT molecular complexity index is 467. The molecule has 1 aromatic carbocycles. The lowest BCUT2D eigenvalue weighted by atomic mass is 10.2. The maximum absolute atomic E-state index is 5.65. The van der Waals surface area contributed by atoms with E-state index in [1.165, 1.54) is 11.3 Å². The molecule has 82 valence electrons. The molecular formula is C11H10ClN3S. The largest absolute Gasteiger partial charge is 0.253 e.